The first-order valence-corrected chi connectivity index (χ1v) is 6.95. The normalized spacial score (nSPS) is 12.1. The van der Waals surface area contributed by atoms with E-state index in [4.69, 9.17) is 10.8 Å². The molecule has 0 saturated heterocycles. The summed E-state index contributed by atoms with van der Waals surface area (Å²) >= 11 is 0. The molecule has 0 fully saturated rings. The highest BCUT2D eigenvalue weighted by molar-refractivity contribution is 7.89. The van der Waals surface area contributed by atoms with Crippen LogP contribution >= 0.6 is 0 Å². The minimum atomic E-state index is -3.97. The Bertz CT molecular complexity index is 531. The molecule has 1 aromatic carbocycles. The quantitative estimate of drug-likeness (QED) is 0.776. The van der Waals surface area contributed by atoms with Gasteiger partial charge in [-0.1, -0.05) is 6.92 Å². The molecule has 0 saturated carbocycles. The van der Waals surface area contributed by atoms with Crippen LogP contribution in [-0.4, -0.2) is 37.5 Å². The van der Waals surface area contributed by atoms with Crippen LogP contribution in [0.4, 0.5) is 10.1 Å². The van der Waals surface area contributed by atoms with Crippen molar-refractivity contribution in [1.82, 2.24) is 4.31 Å². The number of nitrogen functional groups attached to an aromatic ring is 1. The van der Waals surface area contributed by atoms with E-state index in [1.165, 1.54) is 13.0 Å². The Morgan fingerprint density at radius 3 is 2.56 bits per heavy atom. The van der Waals surface area contributed by atoms with E-state index in [9.17, 15) is 12.8 Å². The van der Waals surface area contributed by atoms with Gasteiger partial charge in [-0.25, -0.2) is 12.8 Å². The van der Waals surface area contributed by atoms with Crippen molar-refractivity contribution in [3.63, 3.8) is 0 Å². The highest BCUT2D eigenvalue weighted by Crippen LogP contribution is 2.24. The van der Waals surface area contributed by atoms with Gasteiger partial charge in [-0.15, -0.1) is 0 Å². The Morgan fingerprint density at radius 2 is 2.06 bits per heavy atom. The number of aliphatic hydroxyl groups excluding tert-OH is 1. The standard InChI is InChI=1S/C11H17FN2O3S/c1-3-14(4-5-15)18(16,17)10-7-9(13)6-8(2)11(10)12/h6-7,15H,3-5,13H2,1-2H3. The molecule has 3 N–H and O–H groups in total. The Labute approximate surface area is 106 Å². The lowest BCUT2D eigenvalue weighted by molar-refractivity contribution is 0.256. The van der Waals surface area contributed by atoms with Crippen molar-refractivity contribution in [2.75, 3.05) is 25.4 Å². The number of aryl methyl sites for hydroxylation is 1. The molecule has 0 aliphatic heterocycles. The van der Waals surface area contributed by atoms with Crippen LogP contribution in [0.1, 0.15) is 12.5 Å². The van der Waals surface area contributed by atoms with Gasteiger partial charge in [0.05, 0.1) is 6.61 Å². The van der Waals surface area contributed by atoms with Crippen LogP contribution in [0.25, 0.3) is 0 Å². The molecule has 1 rings (SSSR count). The largest absolute Gasteiger partial charge is 0.399 e. The summed E-state index contributed by atoms with van der Waals surface area (Å²) in [4.78, 5) is -0.449. The Morgan fingerprint density at radius 1 is 1.44 bits per heavy atom. The van der Waals surface area contributed by atoms with Gasteiger partial charge in [0.15, 0.2) is 0 Å². The highest BCUT2D eigenvalue weighted by Gasteiger charge is 2.27. The number of sulfonamides is 1. The van der Waals surface area contributed by atoms with E-state index in [2.05, 4.69) is 0 Å². The molecule has 7 heteroatoms. The van der Waals surface area contributed by atoms with Gasteiger partial charge in [-0.3, -0.25) is 0 Å². The molecule has 0 spiro atoms. The molecule has 0 aliphatic rings. The third-order valence-corrected chi connectivity index (χ3v) is 4.54. The first-order chi connectivity index (χ1) is 8.34. The third-order valence-electron chi connectivity index (χ3n) is 2.56. The van der Waals surface area contributed by atoms with Crippen LogP contribution < -0.4 is 5.73 Å². The van der Waals surface area contributed by atoms with Crippen LogP contribution in [0, 0.1) is 12.7 Å². The highest BCUT2D eigenvalue weighted by atomic mass is 32.2. The topological polar surface area (TPSA) is 83.6 Å². The zero-order valence-electron chi connectivity index (χ0n) is 10.4. The van der Waals surface area contributed by atoms with Gasteiger partial charge in [0.1, 0.15) is 10.7 Å². The Balaban J connectivity index is 3.36. The zero-order chi connectivity index (χ0) is 13.9. The van der Waals surface area contributed by atoms with E-state index >= 15 is 0 Å². The summed E-state index contributed by atoms with van der Waals surface area (Å²) in [6, 6.07) is 2.47. The van der Waals surface area contributed by atoms with Crippen LogP contribution in [0.5, 0.6) is 0 Å². The lowest BCUT2D eigenvalue weighted by atomic mass is 10.2. The number of anilines is 1. The summed E-state index contributed by atoms with van der Waals surface area (Å²) in [5, 5.41) is 8.83. The molecule has 0 radical (unpaired) electrons. The van der Waals surface area contributed by atoms with Gasteiger partial charge in [-0.2, -0.15) is 4.31 Å². The van der Waals surface area contributed by atoms with Crippen LogP contribution in [0.3, 0.4) is 0 Å². The maximum Gasteiger partial charge on any atom is 0.246 e. The van der Waals surface area contributed by atoms with Crippen molar-refractivity contribution in [2.45, 2.75) is 18.7 Å². The molecule has 0 unspecified atom stereocenters. The average Bonchev–Trinajstić information content (AvgIpc) is 2.30. The van der Waals surface area contributed by atoms with Gasteiger partial charge in [0, 0.05) is 18.8 Å². The number of hydrogen-bond donors (Lipinski definition) is 2. The van der Waals surface area contributed by atoms with Gasteiger partial charge >= 0.3 is 0 Å². The minimum absolute atomic E-state index is 0.0773. The second-order valence-electron chi connectivity index (χ2n) is 3.87. The van der Waals surface area contributed by atoms with Crippen molar-refractivity contribution in [3.8, 4) is 0 Å². The van der Waals surface area contributed by atoms with E-state index in [0.717, 1.165) is 10.4 Å². The molecule has 102 valence electrons. The summed E-state index contributed by atoms with van der Waals surface area (Å²) in [5.41, 5.74) is 5.90. The van der Waals surface area contributed by atoms with Crippen molar-refractivity contribution >= 4 is 15.7 Å². The predicted octanol–water partition coefficient (Wildman–Crippen LogP) is 0.719. The average molecular weight is 276 g/mol. The first kappa shape index (κ1) is 14.9. The molecular weight excluding hydrogens is 259 g/mol. The number of nitrogens with two attached hydrogens (primary N) is 1. The molecule has 1 aromatic rings. The molecule has 0 heterocycles. The fourth-order valence-corrected chi connectivity index (χ4v) is 3.26. The minimum Gasteiger partial charge on any atom is -0.399 e. The van der Waals surface area contributed by atoms with Crippen LogP contribution in [0.2, 0.25) is 0 Å². The molecule has 0 aliphatic carbocycles. The van der Waals surface area contributed by atoms with E-state index in [1.54, 1.807) is 6.92 Å². The Kier molecular flexibility index (Phi) is 4.66. The molecule has 0 atom stereocenters. The fourth-order valence-electron chi connectivity index (χ4n) is 1.65. The van der Waals surface area contributed by atoms with Gasteiger partial charge in [-0.05, 0) is 24.6 Å². The maximum absolute atomic E-state index is 13.9. The Hall–Kier alpha value is -1.18. The van der Waals surface area contributed by atoms with E-state index in [0.29, 0.717) is 0 Å². The number of nitrogens with zero attached hydrogens (tertiary/aromatic N) is 1. The summed E-state index contributed by atoms with van der Waals surface area (Å²) in [6.07, 6.45) is 0. The third kappa shape index (κ3) is 2.80. The second-order valence-corrected chi connectivity index (χ2v) is 5.78. The van der Waals surface area contributed by atoms with Crippen LogP contribution in [0.15, 0.2) is 17.0 Å². The van der Waals surface area contributed by atoms with Crippen molar-refractivity contribution in [2.24, 2.45) is 0 Å². The van der Waals surface area contributed by atoms with Gasteiger partial charge in [0.2, 0.25) is 10.0 Å². The number of likely N-dealkylation sites (N-methyl/N-ethyl adjacent to an activating group) is 1. The summed E-state index contributed by atoms with van der Waals surface area (Å²) in [6.45, 7) is 2.82. The summed E-state index contributed by atoms with van der Waals surface area (Å²) in [5.74, 6) is -0.805. The van der Waals surface area contributed by atoms with E-state index in [1.807, 2.05) is 0 Å². The number of aliphatic hydroxyl groups is 1. The number of rotatable bonds is 5. The molecule has 0 bridgehead atoms. The van der Waals surface area contributed by atoms with E-state index < -0.39 is 20.7 Å². The zero-order valence-corrected chi connectivity index (χ0v) is 11.2. The van der Waals surface area contributed by atoms with Crippen molar-refractivity contribution < 1.29 is 17.9 Å². The number of halogens is 1. The second kappa shape index (κ2) is 5.64. The molecule has 0 amide bonds. The van der Waals surface area contributed by atoms with Crippen molar-refractivity contribution in [1.29, 1.82) is 0 Å². The molecule has 18 heavy (non-hydrogen) atoms. The maximum atomic E-state index is 13.9. The smallest absolute Gasteiger partial charge is 0.246 e. The van der Waals surface area contributed by atoms with Crippen LogP contribution in [-0.2, 0) is 10.0 Å². The lowest BCUT2D eigenvalue weighted by Gasteiger charge is -2.20. The van der Waals surface area contributed by atoms with E-state index in [-0.39, 0.29) is 30.9 Å². The predicted molar refractivity (Wildman–Crippen MR) is 67.1 cm³/mol. The summed E-state index contributed by atoms with van der Waals surface area (Å²) in [7, 11) is -3.97. The monoisotopic (exact) mass is 276 g/mol. The van der Waals surface area contributed by atoms with Crippen molar-refractivity contribution in [3.05, 3.63) is 23.5 Å². The first-order valence-electron chi connectivity index (χ1n) is 5.51. The van der Waals surface area contributed by atoms with Gasteiger partial charge < -0.3 is 10.8 Å². The number of benzene rings is 1. The lowest BCUT2D eigenvalue weighted by Crippen LogP contribution is -2.34. The van der Waals surface area contributed by atoms with Gasteiger partial charge in [0.25, 0.3) is 0 Å². The fraction of sp³-hybridized carbons (Fsp3) is 0.455. The molecule has 5 nitrogen and oxygen atoms in total. The molecule has 0 aromatic heterocycles. The number of hydrogen-bond acceptors (Lipinski definition) is 4. The molecular formula is C11H17FN2O3S. The summed E-state index contributed by atoms with van der Waals surface area (Å²) < 4.78 is 39.3. The SMILES string of the molecule is CCN(CCO)S(=O)(=O)c1cc(N)cc(C)c1F.